The van der Waals surface area contributed by atoms with Crippen LogP contribution in [0.15, 0.2) is 58.7 Å². The predicted molar refractivity (Wildman–Crippen MR) is 167 cm³/mol. The molecule has 0 aliphatic heterocycles. The second kappa shape index (κ2) is 21.0. The third-order valence-electron chi connectivity index (χ3n) is 7.86. The van der Waals surface area contributed by atoms with E-state index < -0.39 is 0 Å². The highest BCUT2D eigenvalue weighted by molar-refractivity contribution is 5.83. The summed E-state index contributed by atoms with van der Waals surface area (Å²) in [7, 11) is 0. The standard InChI is InChI=1S/C36H60O2/c1-7-8-9-10-11-12-13-14-15-16-17-18-19-20-29-38-35(37)30-32(3)24-21-23-31(2)26-27-34-33(4)25-22-28-36(34,5)6/h21,23-24,26-27,30H,7-20,22,25,28-29H2,1-6H3/b24-21+,27-26+,31-23+,32-30-. The summed E-state index contributed by atoms with van der Waals surface area (Å²) in [6, 6.07) is 0. The van der Waals surface area contributed by atoms with Gasteiger partial charge in [0.25, 0.3) is 0 Å². The fourth-order valence-corrected chi connectivity index (χ4v) is 5.38. The molecule has 0 saturated heterocycles. The molecule has 0 unspecified atom stereocenters. The highest BCUT2D eigenvalue weighted by atomic mass is 16.5. The van der Waals surface area contributed by atoms with Crippen molar-refractivity contribution in [1.29, 1.82) is 0 Å². The molecular weight excluding hydrogens is 464 g/mol. The lowest BCUT2D eigenvalue weighted by Crippen LogP contribution is -2.19. The van der Waals surface area contributed by atoms with Gasteiger partial charge in [-0.25, -0.2) is 4.79 Å². The van der Waals surface area contributed by atoms with Crippen LogP contribution in [0.2, 0.25) is 0 Å². The SMILES string of the molecule is CCCCCCCCCCCCCCCCOC(=O)\C=C(C)/C=C/C=C(C)/C=C/C1=C(C)CCCC1(C)C. The average molecular weight is 525 g/mol. The van der Waals surface area contributed by atoms with Crippen molar-refractivity contribution >= 4 is 5.97 Å². The Bertz CT molecular complexity index is 803. The quantitative estimate of drug-likeness (QED) is 0.0685. The van der Waals surface area contributed by atoms with E-state index in [2.05, 4.69) is 52.8 Å². The molecule has 0 heterocycles. The molecular formula is C36H60O2. The number of allylic oxidation sites excluding steroid dienone is 9. The maximum Gasteiger partial charge on any atom is 0.331 e. The third kappa shape index (κ3) is 16.9. The second-order valence-corrected chi connectivity index (χ2v) is 12.2. The van der Waals surface area contributed by atoms with Crippen molar-refractivity contribution in [2.45, 2.75) is 151 Å². The summed E-state index contributed by atoms with van der Waals surface area (Å²) in [6.45, 7) is 13.8. The van der Waals surface area contributed by atoms with E-state index in [4.69, 9.17) is 4.74 Å². The first kappa shape index (κ1) is 34.2. The van der Waals surface area contributed by atoms with Gasteiger partial charge in [0.1, 0.15) is 0 Å². The summed E-state index contributed by atoms with van der Waals surface area (Å²) in [6.07, 6.45) is 34.6. The fourth-order valence-electron chi connectivity index (χ4n) is 5.38. The Kier molecular flexibility index (Phi) is 18.9. The molecule has 0 fully saturated rings. The van der Waals surface area contributed by atoms with Crippen molar-refractivity contribution in [3.8, 4) is 0 Å². The van der Waals surface area contributed by atoms with Crippen LogP contribution in [0.25, 0.3) is 0 Å². The molecule has 0 spiro atoms. The molecule has 2 nitrogen and oxygen atoms in total. The second-order valence-electron chi connectivity index (χ2n) is 12.2. The third-order valence-corrected chi connectivity index (χ3v) is 7.86. The smallest absolute Gasteiger partial charge is 0.331 e. The van der Waals surface area contributed by atoms with Gasteiger partial charge in [0, 0.05) is 6.08 Å². The lowest BCUT2D eigenvalue weighted by atomic mass is 9.72. The summed E-state index contributed by atoms with van der Waals surface area (Å²) < 4.78 is 5.40. The van der Waals surface area contributed by atoms with Gasteiger partial charge in [0.2, 0.25) is 0 Å². The summed E-state index contributed by atoms with van der Waals surface area (Å²) in [5, 5.41) is 0. The molecule has 0 atom stereocenters. The highest BCUT2D eigenvalue weighted by Crippen LogP contribution is 2.40. The van der Waals surface area contributed by atoms with Gasteiger partial charge < -0.3 is 4.74 Å². The molecule has 0 aromatic rings. The first-order chi connectivity index (χ1) is 18.3. The van der Waals surface area contributed by atoms with E-state index in [0.29, 0.717) is 6.61 Å². The highest BCUT2D eigenvalue weighted by Gasteiger charge is 2.26. The zero-order valence-corrected chi connectivity index (χ0v) is 26.0. The molecule has 0 bridgehead atoms. The maximum atomic E-state index is 12.1. The van der Waals surface area contributed by atoms with Crippen LogP contribution in [0.3, 0.4) is 0 Å². The molecule has 38 heavy (non-hydrogen) atoms. The molecule has 2 heteroatoms. The fraction of sp³-hybridized carbons (Fsp3) is 0.694. The average Bonchev–Trinajstić information content (AvgIpc) is 2.85. The minimum Gasteiger partial charge on any atom is -0.463 e. The van der Waals surface area contributed by atoms with Gasteiger partial charge in [-0.05, 0) is 63.0 Å². The zero-order chi connectivity index (χ0) is 28.1. The Morgan fingerprint density at radius 2 is 1.37 bits per heavy atom. The molecule has 0 N–H and O–H groups in total. The Labute approximate surface area is 236 Å². The van der Waals surface area contributed by atoms with E-state index in [1.807, 2.05) is 19.1 Å². The van der Waals surface area contributed by atoms with E-state index in [-0.39, 0.29) is 11.4 Å². The lowest BCUT2D eigenvalue weighted by Gasteiger charge is -2.32. The van der Waals surface area contributed by atoms with Gasteiger partial charge in [0.05, 0.1) is 6.61 Å². The summed E-state index contributed by atoms with van der Waals surface area (Å²) in [5.41, 5.74) is 5.39. The number of carbonyl (C=O) groups is 1. The van der Waals surface area contributed by atoms with Crippen LogP contribution >= 0.6 is 0 Å². The largest absolute Gasteiger partial charge is 0.463 e. The van der Waals surface area contributed by atoms with E-state index in [1.54, 1.807) is 6.08 Å². The molecule has 1 aliphatic rings. The van der Waals surface area contributed by atoms with Gasteiger partial charge >= 0.3 is 5.97 Å². The number of rotatable bonds is 20. The number of hydrogen-bond donors (Lipinski definition) is 0. The predicted octanol–water partition coefficient (Wildman–Crippen LogP) is 11.5. The van der Waals surface area contributed by atoms with Crippen molar-refractivity contribution in [2.75, 3.05) is 6.61 Å². The van der Waals surface area contributed by atoms with Crippen molar-refractivity contribution in [3.05, 3.63) is 58.7 Å². The van der Waals surface area contributed by atoms with E-state index in [1.165, 1.54) is 113 Å². The van der Waals surface area contributed by atoms with Crippen LogP contribution in [-0.2, 0) is 9.53 Å². The zero-order valence-electron chi connectivity index (χ0n) is 26.0. The van der Waals surface area contributed by atoms with Crippen LogP contribution in [0.1, 0.15) is 151 Å². The Balaban J connectivity index is 2.14. The number of carbonyl (C=O) groups excluding carboxylic acids is 1. The monoisotopic (exact) mass is 524 g/mol. The molecule has 216 valence electrons. The van der Waals surface area contributed by atoms with Crippen molar-refractivity contribution in [1.82, 2.24) is 0 Å². The minimum absolute atomic E-state index is 0.232. The van der Waals surface area contributed by atoms with Crippen LogP contribution in [0.5, 0.6) is 0 Å². The Hall–Kier alpha value is -1.83. The van der Waals surface area contributed by atoms with Crippen LogP contribution in [0.4, 0.5) is 0 Å². The molecule has 0 aromatic carbocycles. The molecule has 0 aromatic heterocycles. The first-order valence-electron chi connectivity index (χ1n) is 15.8. The van der Waals surface area contributed by atoms with Crippen molar-refractivity contribution in [3.63, 3.8) is 0 Å². The minimum atomic E-state index is -0.232. The van der Waals surface area contributed by atoms with E-state index >= 15 is 0 Å². The molecule has 0 saturated carbocycles. The first-order valence-corrected chi connectivity index (χ1v) is 15.8. The topological polar surface area (TPSA) is 26.3 Å². The van der Waals surface area contributed by atoms with Crippen molar-refractivity contribution < 1.29 is 9.53 Å². The molecule has 0 radical (unpaired) electrons. The molecule has 1 rings (SSSR count). The van der Waals surface area contributed by atoms with Crippen molar-refractivity contribution in [2.24, 2.45) is 5.41 Å². The van der Waals surface area contributed by atoms with Gasteiger partial charge in [-0.15, -0.1) is 0 Å². The molecule has 1 aliphatic carbocycles. The summed E-state index contributed by atoms with van der Waals surface area (Å²) in [4.78, 5) is 12.1. The Morgan fingerprint density at radius 1 is 0.816 bits per heavy atom. The number of unbranched alkanes of at least 4 members (excludes halogenated alkanes) is 13. The van der Waals surface area contributed by atoms with Crippen LogP contribution in [-0.4, -0.2) is 12.6 Å². The maximum absolute atomic E-state index is 12.1. The normalized spacial score (nSPS) is 16.7. The number of ether oxygens (including phenoxy) is 1. The van der Waals surface area contributed by atoms with E-state index in [0.717, 1.165) is 18.4 Å². The lowest BCUT2D eigenvalue weighted by molar-refractivity contribution is -0.137. The van der Waals surface area contributed by atoms with Gasteiger partial charge in [0.15, 0.2) is 0 Å². The van der Waals surface area contributed by atoms with Gasteiger partial charge in [-0.2, -0.15) is 0 Å². The summed E-state index contributed by atoms with van der Waals surface area (Å²) in [5.74, 6) is -0.232. The van der Waals surface area contributed by atoms with Gasteiger partial charge in [-0.1, -0.05) is 146 Å². The number of hydrogen-bond acceptors (Lipinski definition) is 2. The Morgan fingerprint density at radius 3 is 1.92 bits per heavy atom. The molecule has 0 amide bonds. The summed E-state index contributed by atoms with van der Waals surface area (Å²) >= 11 is 0. The van der Waals surface area contributed by atoms with E-state index in [9.17, 15) is 4.79 Å². The van der Waals surface area contributed by atoms with Crippen LogP contribution < -0.4 is 0 Å². The number of esters is 1. The van der Waals surface area contributed by atoms with Gasteiger partial charge in [-0.3, -0.25) is 0 Å². The van der Waals surface area contributed by atoms with Crippen LogP contribution in [0, 0.1) is 5.41 Å².